The number of carbonyl (C=O) groups is 1. The lowest BCUT2D eigenvalue weighted by atomic mass is 10.1. The molecule has 100 valence electrons. The topological polar surface area (TPSA) is 68.7 Å². The molecule has 0 saturated heterocycles. The van der Waals surface area contributed by atoms with Crippen LogP contribution in [0.1, 0.15) is 5.56 Å². The van der Waals surface area contributed by atoms with Crippen molar-refractivity contribution in [2.24, 2.45) is 0 Å². The molecule has 0 aliphatic heterocycles. The number of nitrogens with zero attached hydrogens (tertiary/aromatic N) is 1. The third kappa shape index (κ3) is 2.42. The van der Waals surface area contributed by atoms with Crippen LogP contribution in [0.5, 0.6) is 11.5 Å². The molecule has 0 aliphatic rings. The van der Waals surface area contributed by atoms with Crippen molar-refractivity contribution in [3.05, 3.63) is 29.7 Å². The maximum Gasteiger partial charge on any atom is 0.307 e. The van der Waals surface area contributed by atoms with Crippen LogP contribution < -0.4 is 9.47 Å². The zero-order chi connectivity index (χ0) is 14.0. The van der Waals surface area contributed by atoms with Crippen LogP contribution in [0.4, 0.5) is 4.39 Å². The van der Waals surface area contributed by atoms with Crippen molar-refractivity contribution in [2.45, 2.75) is 6.42 Å². The zero-order valence-corrected chi connectivity index (χ0v) is 10.4. The fourth-order valence-electron chi connectivity index (χ4n) is 1.81. The summed E-state index contributed by atoms with van der Waals surface area (Å²) >= 11 is 0. The predicted molar refractivity (Wildman–Crippen MR) is 66.1 cm³/mol. The normalized spacial score (nSPS) is 10.5. The van der Waals surface area contributed by atoms with Crippen LogP contribution in [0, 0.1) is 5.82 Å². The fourth-order valence-corrected chi connectivity index (χ4v) is 1.81. The van der Waals surface area contributed by atoms with Crippen molar-refractivity contribution in [1.29, 1.82) is 0 Å². The summed E-state index contributed by atoms with van der Waals surface area (Å²) in [5.41, 5.74) is 0.413. The summed E-state index contributed by atoms with van der Waals surface area (Å²) in [6, 6.07) is 2.99. The molecule has 0 saturated carbocycles. The molecule has 0 aliphatic carbocycles. The first-order chi connectivity index (χ1) is 9.06. The number of aromatic nitrogens is 1. The van der Waals surface area contributed by atoms with E-state index in [0.29, 0.717) is 17.0 Å². The molecule has 2 rings (SSSR count). The number of pyridine rings is 1. The van der Waals surface area contributed by atoms with Crippen molar-refractivity contribution in [1.82, 2.24) is 4.98 Å². The molecular weight excluding hydrogens is 253 g/mol. The Bertz CT molecular complexity index is 642. The third-order valence-corrected chi connectivity index (χ3v) is 2.72. The Hall–Kier alpha value is -2.37. The number of benzene rings is 1. The molecule has 0 bridgehead atoms. The van der Waals surface area contributed by atoms with Crippen molar-refractivity contribution < 1.29 is 23.8 Å². The quantitative estimate of drug-likeness (QED) is 0.915. The highest BCUT2D eigenvalue weighted by molar-refractivity contribution is 5.84. The Morgan fingerprint density at radius 2 is 1.95 bits per heavy atom. The van der Waals surface area contributed by atoms with Crippen molar-refractivity contribution >= 4 is 16.9 Å². The predicted octanol–water partition coefficient (Wildman–Crippen LogP) is 2.02. The standard InChI is InChI=1S/C13H12FNO4/c1-18-10-4-8-9(5-11(10)19-2)15-6-7(13(8)14)3-12(16)17/h4-6H,3H2,1-2H3,(H,16,17). The summed E-state index contributed by atoms with van der Waals surface area (Å²) < 4.78 is 24.4. The SMILES string of the molecule is COc1cc2ncc(CC(=O)O)c(F)c2cc1OC. The first-order valence-corrected chi connectivity index (χ1v) is 5.47. The Kier molecular flexibility index (Phi) is 3.50. The van der Waals surface area contributed by atoms with Gasteiger partial charge in [0.2, 0.25) is 0 Å². The highest BCUT2D eigenvalue weighted by Crippen LogP contribution is 2.33. The second-order valence-electron chi connectivity index (χ2n) is 3.89. The van der Waals surface area contributed by atoms with Gasteiger partial charge in [-0.15, -0.1) is 0 Å². The van der Waals surface area contributed by atoms with Crippen LogP contribution in [0.2, 0.25) is 0 Å². The smallest absolute Gasteiger partial charge is 0.307 e. The first kappa shape index (κ1) is 13.1. The van der Waals surface area contributed by atoms with E-state index < -0.39 is 18.2 Å². The molecule has 1 aromatic heterocycles. The van der Waals surface area contributed by atoms with Gasteiger partial charge in [0.05, 0.1) is 26.2 Å². The molecule has 1 aromatic carbocycles. The van der Waals surface area contributed by atoms with Gasteiger partial charge in [-0.2, -0.15) is 0 Å². The summed E-state index contributed by atoms with van der Waals surface area (Å²) in [5, 5.41) is 8.91. The van der Waals surface area contributed by atoms with Gasteiger partial charge in [-0.1, -0.05) is 0 Å². The number of hydrogen-bond donors (Lipinski definition) is 1. The minimum atomic E-state index is -1.11. The van der Waals surface area contributed by atoms with Crippen LogP contribution in [-0.2, 0) is 11.2 Å². The monoisotopic (exact) mass is 265 g/mol. The van der Waals surface area contributed by atoms with E-state index in [4.69, 9.17) is 14.6 Å². The lowest BCUT2D eigenvalue weighted by Crippen LogP contribution is -2.04. The summed E-state index contributed by atoms with van der Waals surface area (Å²) in [7, 11) is 2.91. The van der Waals surface area contributed by atoms with E-state index in [2.05, 4.69) is 4.98 Å². The second kappa shape index (κ2) is 5.09. The zero-order valence-electron chi connectivity index (χ0n) is 10.4. The van der Waals surface area contributed by atoms with Crippen LogP contribution >= 0.6 is 0 Å². The molecule has 2 aromatic rings. The Morgan fingerprint density at radius 1 is 1.32 bits per heavy atom. The summed E-state index contributed by atoms with van der Waals surface area (Å²) in [6.07, 6.45) is 0.806. The Morgan fingerprint density at radius 3 is 2.53 bits per heavy atom. The van der Waals surface area contributed by atoms with E-state index in [-0.39, 0.29) is 10.9 Å². The summed E-state index contributed by atoms with van der Waals surface area (Å²) in [5.74, 6) is -0.912. The highest BCUT2D eigenvalue weighted by Gasteiger charge is 2.14. The van der Waals surface area contributed by atoms with E-state index in [0.717, 1.165) is 0 Å². The van der Waals surface area contributed by atoms with Crippen molar-refractivity contribution in [2.75, 3.05) is 14.2 Å². The van der Waals surface area contributed by atoms with Gasteiger partial charge in [0, 0.05) is 23.2 Å². The summed E-state index contributed by atoms with van der Waals surface area (Å²) in [6.45, 7) is 0. The summed E-state index contributed by atoms with van der Waals surface area (Å²) in [4.78, 5) is 14.7. The van der Waals surface area contributed by atoms with E-state index in [1.807, 2.05) is 0 Å². The fraction of sp³-hybridized carbons (Fsp3) is 0.231. The maximum absolute atomic E-state index is 14.2. The molecule has 5 nitrogen and oxygen atoms in total. The van der Waals surface area contributed by atoms with E-state index >= 15 is 0 Å². The Labute approximate surface area is 108 Å². The van der Waals surface area contributed by atoms with Crippen LogP contribution in [0.3, 0.4) is 0 Å². The van der Waals surface area contributed by atoms with Gasteiger partial charge in [-0.25, -0.2) is 4.39 Å². The molecule has 0 spiro atoms. The van der Waals surface area contributed by atoms with Gasteiger partial charge < -0.3 is 14.6 Å². The number of carboxylic acids is 1. The maximum atomic E-state index is 14.2. The number of hydrogen-bond acceptors (Lipinski definition) is 4. The molecule has 0 radical (unpaired) electrons. The van der Waals surface area contributed by atoms with Gasteiger partial charge in [0.15, 0.2) is 11.5 Å². The second-order valence-corrected chi connectivity index (χ2v) is 3.89. The van der Waals surface area contributed by atoms with E-state index in [1.54, 1.807) is 6.07 Å². The highest BCUT2D eigenvalue weighted by atomic mass is 19.1. The number of aliphatic carboxylic acids is 1. The molecule has 19 heavy (non-hydrogen) atoms. The van der Waals surface area contributed by atoms with Crippen molar-refractivity contribution in [3.63, 3.8) is 0 Å². The third-order valence-electron chi connectivity index (χ3n) is 2.72. The van der Waals surface area contributed by atoms with E-state index in [1.165, 1.54) is 26.5 Å². The average Bonchev–Trinajstić information content (AvgIpc) is 2.40. The number of carboxylic acid groups (broad SMARTS) is 1. The van der Waals surface area contributed by atoms with Gasteiger partial charge in [-0.05, 0) is 6.07 Å². The van der Waals surface area contributed by atoms with Crippen LogP contribution in [0.25, 0.3) is 10.9 Å². The largest absolute Gasteiger partial charge is 0.493 e. The van der Waals surface area contributed by atoms with Crippen molar-refractivity contribution in [3.8, 4) is 11.5 Å². The Balaban J connectivity index is 2.64. The van der Waals surface area contributed by atoms with Gasteiger partial charge in [-0.3, -0.25) is 9.78 Å². The van der Waals surface area contributed by atoms with Crippen LogP contribution in [0.15, 0.2) is 18.3 Å². The van der Waals surface area contributed by atoms with Gasteiger partial charge in [0.25, 0.3) is 0 Å². The van der Waals surface area contributed by atoms with Gasteiger partial charge in [0.1, 0.15) is 5.82 Å². The van der Waals surface area contributed by atoms with Gasteiger partial charge >= 0.3 is 5.97 Å². The molecule has 0 fully saturated rings. The molecule has 1 heterocycles. The number of rotatable bonds is 4. The number of methoxy groups -OCH3 is 2. The lowest BCUT2D eigenvalue weighted by molar-refractivity contribution is -0.136. The molecule has 6 heteroatoms. The molecule has 1 N–H and O–H groups in total. The minimum absolute atomic E-state index is 0.0345. The molecule has 0 atom stereocenters. The van der Waals surface area contributed by atoms with Crippen LogP contribution in [-0.4, -0.2) is 30.3 Å². The average molecular weight is 265 g/mol. The first-order valence-electron chi connectivity index (χ1n) is 5.47. The lowest BCUT2D eigenvalue weighted by Gasteiger charge is -2.10. The molecule has 0 amide bonds. The minimum Gasteiger partial charge on any atom is -0.493 e. The van der Waals surface area contributed by atoms with E-state index in [9.17, 15) is 9.18 Å². The number of ether oxygens (including phenoxy) is 2. The molecular formula is C13H12FNO4. The molecule has 0 unspecified atom stereocenters. The number of halogens is 1. The number of fused-ring (bicyclic) bond motifs is 1.